The first kappa shape index (κ1) is 12.0. The zero-order valence-corrected chi connectivity index (χ0v) is 9.57. The molecule has 0 saturated heterocycles. The molecule has 0 atom stereocenters. The van der Waals surface area contributed by atoms with Gasteiger partial charge in [-0.3, -0.25) is 4.31 Å². The van der Waals surface area contributed by atoms with Crippen molar-refractivity contribution in [3.05, 3.63) is 30.3 Å². The van der Waals surface area contributed by atoms with Gasteiger partial charge in [0.05, 0.1) is 5.69 Å². The summed E-state index contributed by atoms with van der Waals surface area (Å²) in [7, 11) is -3.66. The zero-order chi connectivity index (χ0) is 11.3. The topological polar surface area (TPSA) is 63.4 Å². The van der Waals surface area contributed by atoms with Crippen LogP contribution in [-0.2, 0) is 10.2 Å². The van der Waals surface area contributed by atoms with Crippen molar-refractivity contribution in [3.8, 4) is 0 Å². The number of unbranched alkanes of at least 4 members (excludes halogenated alkanes) is 1. The molecule has 0 saturated carbocycles. The highest BCUT2D eigenvalue weighted by atomic mass is 32.2. The van der Waals surface area contributed by atoms with Crippen molar-refractivity contribution in [1.29, 1.82) is 0 Å². The van der Waals surface area contributed by atoms with E-state index in [1.54, 1.807) is 24.3 Å². The lowest BCUT2D eigenvalue weighted by Crippen LogP contribution is -2.37. The Labute approximate surface area is 90.9 Å². The highest BCUT2D eigenvalue weighted by Gasteiger charge is 2.16. The Balaban J connectivity index is 2.92. The van der Waals surface area contributed by atoms with Crippen molar-refractivity contribution in [2.24, 2.45) is 5.14 Å². The Morgan fingerprint density at radius 1 is 1.27 bits per heavy atom. The molecule has 2 N–H and O–H groups in total. The Morgan fingerprint density at radius 2 is 1.87 bits per heavy atom. The molecule has 0 radical (unpaired) electrons. The third kappa shape index (κ3) is 3.53. The van der Waals surface area contributed by atoms with E-state index in [9.17, 15) is 8.42 Å². The van der Waals surface area contributed by atoms with E-state index in [2.05, 4.69) is 0 Å². The Hall–Kier alpha value is -1.07. The van der Waals surface area contributed by atoms with Gasteiger partial charge >= 0.3 is 0 Å². The van der Waals surface area contributed by atoms with E-state index in [0.29, 0.717) is 12.2 Å². The second kappa shape index (κ2) is 5.14. The highest BCUT2D eigenvalue weighted by Crippen LogP contribution is 2.16. The molecular weight excluding hydrogens is 212 g/mol. The van der Waals surface area contributed by atoms with Gasteiger partial charge in [0.15, 0.2) is 0 Å². The predicted octanol–water partition coefficient (Wildman–Crippen LogP) is 1.50. The molecule has 1 aromatic carbocycles. The summed E-state index contributed by atoms with van der Waals surface area (Å²) in [5.74, 6) is 0. The number of para-hydroxylation sites is 1. The fourth-order valence-electron chi connectivity index (χ4n) is 1.30. The monoisotopic (exact) mass is 228 g/mol. The van der Waals surface area contributed by atoms with Crippen LogP contribution in [0.5, 0.6) is 0 Å². The first-order valence-corrected chi connectivity index (χ1v) is 6.41. The predicted molar refractivity (Wildman–Crippen MR) is 61.8 cm³/mol. The molecule has 0 aromatic heterocycles. The molecule has 0 aliphatic carbocycles. The summed E-state index contributed by atoms with van der Waals surface area (Å²) in [5.41, 5.74) is 0.619. The summed E-state index contributed by atoms with van der Waals surface area (Å²) >= 11 is 0. The van der Waals surface area contributed by atoms with Crippen LogP contribution in [0.3, 0.4) is 0 Å². The van der Waals surface area contributed by atoms with Crippen LogP contribution in [0.4, 0.5) is 5.69 Å². The van der Waals surface area contributed by atoms with Crippen molar-refractivity contribution in [2.75, 3.05) is 10.8 Å². The maximum atomic E-state index is 11.3. The van der Waals surface area contributed by atoms with Gasteiger partial charge in [-0.05, 0) is 18.6 Å². The SMILES string of the molecule is CCCCN(c1ccccc1)S(N)(=O)=O. The van der Waals surface area contributed by atoms with Crippen molar-refractivity contribution in [1.82, 2.24) is 0 Å². The van der Waals surface area contributed by atoms with Crippen molar-refractivity contribution in [2.45, 2.75) is 19.8 Å². The molecule has 0 heterocycles. The van der Waals surface area contributed by atoms with Crippen LogP contribution in [0.1, 0.15) is 19.8 Å². The molecule has 5 heteroatoms. The molecule has 0 unspecified atom stereocenters. The maximum Gasteiger partial charge on any atom is 0.298 e. The molecular formula is C10H16N2O2S. The molecule has 0 amide bonds. The van der Waals surface area contributed by atoms with E-state index in [-0.39, 0.29) is 0 Å². The second-order valence-corrected chi connectivity index (χ2v) is 4.78. The van der Waals surface area contributed by atoms with Crippen LogP contribution in [0.15, 0.2) is 30.3 Å². The molecule has 15 heavy (non-hydrogen) atoms. The minimum Gasteiger partial charge on any atom is -0.258 e. The summed E-state index contributed by atoms with van der Waals surface area (Å²) in [6.07, 6.45) is 1.73. The first-order valence-electron chi connectivity index (χ1n) is 4.91. The minimum atomic E-state index is -3.66. The molecule has 0 aliphatic rings. The lowest BCUT2D eigenvalue weighted by molar-refractivity contribution is 0.590. The number of nitrogens with zero attached hydrogens (tertiary/aromatic N) is 1. The van der Waals surface area contributed by atoms with E-state index >= 15 is 0 Å². The number of hydrogen-bond acceptors (Lipinski definition) is 2. The average molecular weight is 228 g/mol. The number of anilines is 1. The largest absolute Gasteiger partial charge is 0.298 e. The van der Waals surface area contributed by atoms with Gasteiger partial charge in [0.2, 0.25) is 0 Å². The fraction of sp³-hybridized carbons (Fsp3) is 0.400. The van der Waals surface area contributed by atoms with Crippen LogP contribution in [0, 0.1) is 0 Å². The standard InChI is InChI=1S/C10H16N2O2S/c1-2-3-9-12(15(11,13)14)10-7-5-4-6-8-10/h4-8H,2-3,9H2,1H3,(H2,11,13,14). The van der Waals surface area contributed by atoms with Crippen LogP contribution in [-0.4, -0.2) is 15.0 Å². The average Bonchev–Trinajstić information content (AvgIpc) is 2.18. The maximum absolute atomic E-state index is 11.3. The van der Waals surface area contributed by atoms with Gasteiger partial charge in [-0.2, -0.15) is 8.42 Å². The van der Waals surface area contributed by atoms with E-state index < -0.39 is 10.2 Å². The molecule has 0 fully saturated rings. The number of nitrogens with two attached hydrogens (primary N) is 1. The van der Waals surface area contributed by atoms with E-state index in [4.69, 9.17) is 5.14 Å². The van der Waals surface area contributed by atoms with E-state index in [0.717, 1.165) is 12.8 Å². The quantitative estimate of drug-likeness (QED) is 0.830. The molecule has 0 spiro atoms. The number of hydrogen-bond donors (Lipinski definition) is 1. The third-order valence-electron chi connectivity index (χ3n) is 2.07. The number of rotatable bonds is 5. The Bertz CT molecular complexity index is 389. The molecule has 1 aromatic rings. The van der Waals surface area contributed by atoms with Crippen LogP contribution >= 0.6 is 0 Å². The Morgan fingerprint density at radius 3 is 2.33 bits per heavy atom. The second-order valence-electron chi connectivity index (χ2n) is 3.31. The fourth-order valence-corrected chi connectivity index (χ4v) is 2.10. The van der Waals surface area contributed by atoms with Gasteiger partial charge in [-0.15, -0.1) is 0 Å². The van der Waals surface area contributed by atoms with Crippen LogP contribution < -0.4 is 9.44 Å². The van der Waals surface area contributed by atoms with Crippen LogP contribution in [0.2, 0.25) is 0 Å². The summed E-state index contributed by atoms with van der Waals surface area (Å²) in [6, 6.07) is 8.89. The lowest BCUT2D eigenvalue weighted by atomic mass is 10.3. The summed E-state index contributed by atoms with van der Waals surface area (Å²) in [6.45, 7) is 2.44. The van der Waals surface area contributed by atoms with Crippen molar-refractivity contribution in [3.63, 3.8) is 0 Å². The van der Waals surface area contributed by atoms with Crippen LogP contribution in [0.25, 0.3) is 0 Å². The van der Waals surface area contributed by atoms with Gasteiger partial charge in [0.25, 0.3) is 10.2 Å². The van der Waals surface area contributed by atoms with Crippen molar-refractivity contribution >= 4 is 15.9 Å². The minimum absolute atomic E-state index is 0.430. The lowest BCUT2D eigenvalue weighted by Gasteiger charge is -2.21. The summed E-state index contributed by atoms with van der Waals surface area (Å²) in [5, 5.41) is 5.15. The van der Waals surface area contributed by atoms with Gasteiger partial charge in [-0.1, -0.05) is 31.5 Å². The first-order chi connectivity index (χ1) is 7.05. The molecule has 4 nitrogen and oxygen atoms in total. The smallest absolute Gasteiger partial charge is 0.258 e. The molecule has 1 rings (SSSR count). The summed E-state index contributed by atoms with van der Waals surface area (Å²) in [4.78, 5) is 0. The Kier molecular flexibility index (Phi) is 4.11. The zero-order valence-electron chi connectivity index (χ0n) is 8.76. The van der Waals surface area contributed by atoms with Gasteiger partial charge in [-0.25, -0.2) is 5.14 Å². The highest BCUT2D eigenvalue weighted by molar-refractivity contribution is 7.90. The van der Waals surface area contributed by atoms with E-state index in [1.165, 1.54) is 4.31 Å². The number of benzene rings is 1. The summed E-state index contributed by atoms with van der Waals surface area (Å²) < 4.78 is 23.9. The molecule has 0 aliphatic heterocycles. The van der Waals surface area contributed by atoms with Crippen molar-refractivity contribution < 1.29 is 8.42 Å². The van der Waals surface area contributed by atoms with Gasteiger partial charge in [0.1, 0.15) is 0 Å². The molecule has 0 bridgehead atoms. The van der Waals surface area contributed by atoms with E-state index in [1.807, 2.05) is 13.0 Å². The van der Waals surface area contributed by atoms with Gasteiger partial charge < -0.3 is 0 Å². The molecule has 84 valence electrons. The normalized spacial score (nSPS) is 11.3. The van der Waals surface area contributed by atoms with Gasteiger partial charge in [0, 0.05) is 6.54 Å². The third-order valence-corrected chi connectivity index (χ3v) is 3.07.